The molecule has 1 aromatic carbocycles. The Bertz CT molecular complexity index is 779. The highest BCUT2D eigenvalue weighted by atomic mass is 16.6. The Morgan fingerprint density at radius 3 is 1.84 bits per heavy atom. The maximum Gasteiger partial charge on any atom is 0.408 e. The Morgan fingerprint density at radius 1 is 0.906 bits per heavy atom. The summed E-state index contributed by atoms with van der Waals surface area (Å²) in [5.41, 5.74) is 1.09. The van der Waals surface area contributed by atoms with Gasteiger partial charge in [0, 0.05) is 12.1 Å². The zero-order valence-corrected chi connectivity index (χ0v) is 21.3. The Hall–Kier alpha value is -2.57. The van der Waals surface area contributed by atoms with Gasteiger partial charge < -0.3 is 20.3 Å². The van der Waals surface area contributed by atoms with E-state index in [9.17, 15) is 14.4 Å². The summed E-state index contributed by atoms with van der Waals surface area (Å²) in [5.74, 6) is -0.792. The SMILES string of the molecule is Cc1ccc(C(C(=O)NC(C)C)N(C(=O)C(NC(=O)OC(C)(C)C)C(C)C)C(C)C)cc1. The van der Waals surface area contributed by atoms with E-state index in [0.717, 1.165) is 11.1 Å². The van der Waals surface area contributed by atoms with E-state index in [1.54, 1.807) is 25.7 Å². The maximum absolute atomic E-state index is 13.8. The van der Waals surface area contributed by atoms with Crippen LogP contribution in [0, 0.1) is 12.8 Å². The van der Waals surface area contributed by atoms with E-state index in [4.69, 9.17) is 4.74 Å². The smallest absolute Gasteiger partial charge is 0.408 e. The predicted molar refractivity (Wildman–Crippen MR) is 127 cm³/mol. The van der Waals surface area contributed by atoms with Crippen LogP contribution < -0.4 is 10.6 Å². The third kappa shape index (κ3) is 8.17. The summed E-state index contributed by atoms with van der Waals surface area (Å²) in [5, 5.41) is 5.66. The van der Waals surface area contributed by atoms with E-state index >= 15 is 0 Å². The Morgan fingerprint density at radius 2 is 1.44 bits per heavy atom. The number of benzene rings is 1. The van der Waals surface area contributed by atoms with Crippen molar-refractivity contribution in [2.75, 3.05) is 0 Å². The summed E-state index contributed by atoms with van der Waals surface area (Å²) < 4.78 is 5.37. The monoisotopic (exact) mass is 447 g/mol. The average molecular weight is 448 g/mol. The molecule has 7 nitrogen and oxygen atoms in total. The first-order chi connectivity index (χ1) is 14.6. The molecule has 0 bridgehead atoms. The van der Waals surface area contributed by atoms with Crippen LogP contribution in [0.4, 0.5) is 4.79 Å². The van der Waals surface area contributed by atoms with Crippen molar-refractivity contribution >= 4 is 17.9 Å². The lowest BCUT2D eigenvalue weighted by molar-refractivity contribution is -0.145. The van der Waals surface area contributed by atoms with Gasteiger partial charge in [-0.3, -0.25) is 9.59 Å². The standard InChI is InChI=1S/C25H41N3O4/c1-15(2)20(27-24(31)32-25(8,9)10)23(30)28(17(5)6)21(22(29)26-16(3)4)19-13-11-18(7)12-14-19/h11-17,20-21H,1-10H3,(H,26,29)(H,27,31). The molecule has 180 valence electrons. The van der Waals surface area contributed by atoms with Crippen molar-refractivity contribution in [3.05, 3.63) is 35.4 Å². The summed E-state index contributed by atoms with van der Waals surface area (Å²) in [6.45, 7) is 18.5. The third-order valence-electron chi connectivity index (χ3n) is 4.77. The minimum Gasteiger partial charge on any atom is -0.444 e. The molecule has 1 aromatic rings. The van der Waals surface area contributed by atoms with Crippen LogP contribution in [0.1, 0.15) is 79.5 Å². The quantitative estimate of drug-likeness (QED) is 0.620. The molecule has 0 aliphatic heterocycles. The number of carbonyl (C=O) groups is 3. The predicted octanol–water partition coefficient (Wildman–Crippen LogP) is 4.35. The summed E-state index contributed by atoms with van der Waals surface area (Å²) in [6, 6.07) is 5.55. The normalized spacial score (nSPS) is 13.7. The first-order valence-corrected chi connectivity index (χ1v) is 11.3. The largest absolute Gasteiger partial charge is 0.444 e. The number of hydrogen-bond acceptors (Lipinski definition) is 4. The van der Waals surface area contributed by atoms with Crippen LogP contribution in [0.25, 0.3) is 0 Å². The number of nitrogens with zero attached hydrogens (tertiary/aromatic N) is 1. The van der Waals surface area contributed by atoms with Crippen molar-refractivity contribution in [3.8, 4) is 0 Å². The van der Waals surface area contributed by atoms with Crippen LogP contribution in [0.3, 0.4) is 0 Å². The molecule has 7 heteroatoms. The summed E-state index contributed by atoms with van der Waals surface area (Å²) in [7, 11) is 0. The molecule has 0 radical (unpaired) electrons. The van der Waals surface area contributed by atoms with Gasteiger partial charge in [0.15, 0.2) is 0 Å². The molecule has 0 saturated carbocycles. The minimum atomic E-state index is -0.841. The molecule has 0 aromatic heterocycles. The number of ether oxygens (including phenoxy) is 1. The van der Waals surface area contributed by atoms with Gasteiger partial charge >= 0.3 is 6.09 Å². The molecule has 0 aliphatic rings. The highest BCUT2D eigenvalue weighted by Gasteiger charge is 2.38. The molecular weight excluding hydrogens is 406 g/mol. The van der Waals surface area contributed by atoms with Gasteiger partial charge in [0.2, 0.25) is 11.8 Å². The lowest BCUT2D eigenvalue weighted by atomic mass is 9.97. The number of alkyl carbamates (subject to hydrolysis) is 1. The fourth-order valence-electron chi connectivity index (χ4n) is 3.34. The van der Waals surface area contributed by atoms with Gasteiger partial charge in [-0.15, -0.1) is 0 Å². The number of aryl methyl sites for hydroxylation is 1. The lowest BCUT2D eigenvalue weighted by Gasteiger charge is -2.38. The zero-order valence-electron chi connectivity index (χ0n) is 21.3. The summed E-state index contributed by atoms with van der Waals surface area (Å²) >= 11 is 0. The number of hydrogen-bond donors (Lipinski definition) is 2. The molecule has 32 heavy (non-hydrogen) atoms. The van der Waals surface area contributed by atoms with E-state index in [-0.39, 0.29) is 29.8 Å². The molecule has 3 amide bonds. The van der Waals surface area contributed by atoms with Crippen molar-refractivity contribution in [1.29, 1.82) is 0 Å². The number of carbonyl (C=O) groups excluding carboxylic acids is 3. The molecule has 0 aliphatic carbocycles. The van der Waals surface area contributed by atoms with Gasteiger partial charge in [-0.1, -0.05) is 43.7 Å². The van der Waals surface area contributed by atoms with Gasteiger partial charge in [0.05, 0.1) is 0 Å². The van der Waals surface area contributed by atoms with E-state index in [1.807, 2.05) is 72.7 Å². The first-order valence-electron chi connectivity index (χ1n) is 11.3. The van der Waals surface area contributed by atoms with Gasteiger partial charge in [0.25, 0.3) is 0 Å². The maximum atomic E-state index is 13.8. The van der Waals surface area contributed by atoms with E-state index < -0.39 is 23.8 Å². The van der Waals surface area contributed by atoms with Crippen molar-refractivity contribution in [2.24, 2.45) is 5.92 Å². The summed E-state index contributed by atoms with van der Waals surface area (Å²) in [4.78, 5) is 41.1. The van der Waals surface area contributed by atoms with Crippen LogP contribution in [-0.4, -0.2) is 46.5 Å². The van der Waals surface area contributed by atoms with Crippen molar-refractivity contribution < 1.29 is 19.1 Å². The highest BCUT2D eigenvalue weighted by molar-refractivity contribution is 5.92. The van der Waals surface area contributed by atoms with Crippen LogP contribution in [-0.2, 0) is 14.3 Å². The van der Waals surface area contributed by atoms with Crippen LogP contribution in [0.2, 0.25) is 0 Å². The van der Waals surface area contributed by atoms with Gasteiger partial charge in [-0.25, -0.2) is 4.79 Å². The minimum absolute atomic E-state index is 0.0830. The second-order valence-corrected chi connectivity index (χ2v) is 10.2. The zero-order chi connectivity index (χ0) is 24.8. The van der Waals surface area contributed by atoms with Gasteiger partial charge in [0.1, 0.15) is 17.7 Å². The number of amides is 3. The van der Waals surface area contributed by atoms with E-state index in [2.05, 4.69) is 10.6 Å². The Kier molecular flexibility index (Phi) is 9.73. The molecule has 2 unspecified atom stereocenters. The van der Waals surface area contributed by atoms with Crippen molar-refractivity contribution in [1.82, 2.24) is 15.5 Å². The van der Waals surface area contributed by atoms with Crippen molar-refractivity contribution in [3.63, 3.8) is 0 Å². The second-order valence-electron chi connectivity index (χ2n) is 10.2. The summed E-state index contributed by atoms with van der Waals surface area (Å²) in [6.07, 6.45) is -0.660. The molecule has 2 atom stereocenters. The highest BCUT2D eigenvalue weighted by Crippen LogP contribution is 2.26. The molecular formula is C25H41N3O4. The van der Waals surface area contributed by atoms with E-state index in [1.165, 1.54) is 0 Å². The molecule has 0 heterocycles. The molecule has 0 saturated heterocycles. The number of nitrogens with one attached hydrogen (secondary N) is 2. The van der Waals surface area contributed by atoms with Crippen LogP contribution in [0.15, 0.2) is 24.3 Å². The molecule has 2 N–H and O–H groups in total. The fraction of sp³-hybridized carbons (Fsp3) is 0.640. The van der Waals surface area contributed by atoms with Gasteiger partial charge in [-0.2, -0.15) is 0 Å². The van der Waals surface area contributed by atoms with E-state index in [0.29, 0.717) is 0 Å². The average Bonchev–Trinajstić information content (AvgIpc) is 2.61. The van der Waals surface area contributed by atoms with Crippen molar-refractivity contribution in [2.45, 2.75) is 99.0 Å². The molecule has 0 spiro atoms. The van der Waals surface area contributed by atoms with Gasteiger partial charge in [-0.05, 0) is 66.9 Å². The lowest BCUT2D eigenvalue weighted by Crippen LogP contribution is -2.57. The molecule has 1 rings (SSSR count). The second kappa shape index (κ2) is 11.3. The van der Waals surface area contributed by atoms with Crippen LogP contribution in [0.5, 0.6) is 0 Å². The van der Waals surface area contributed by atoms with Crippen LogP contribution >= 0.6 is 0 Å². The fourth-order valence-corrected chi connectivity index (χ4v) is 3.34. The third-order valence-corrected chi connectivity index (χ3v) is 4.77. The Balaban J connectivity index is 3.40. The Labute approximate surface area is 193 Å². The topological polar surface area (TPSA) is 87.7 Å². The number of rotatable bonds is 8. The first kappa shape index (κ1) is 27.5. The molecule has 0 fully saturated rings.